The first-order valence-electron chi connectivity index (χ1n) is 7.90. The molecule has 1 saturated heterocycles. The van der Waals surface area contributed by atoms with Crippen LogP contribution in [0.4, 0.5) is 5.69 Å². The second-order valence-electron chi connectivity index (χ2n) is 6.22. The van der Waals surface area contributed by atoms with Gasteiger partial charge in [0.1, 0.15) is 0 Å². The topological polar surface area (TPSA) is 52.7 Å². The normalized spacial score (nSPS) is 17.6. The molecule has 1 aromatic carbocycles. The first-order valence-corrected chi connectivity index (χ1v) is 8.28. The Balaban J connectivity index is 1.88. The maximum absolute atomic E-state index is 12.4. The Labute approximate surface area is 142 Å². The number of benzene rings is 1. The zero-order valence-corrected chi connectivity index (χ0v) is 14.6. The Morgan fingerprint density at radius 1 is 1.30 bits per heavy atom. The van der Waals surface area contributed by atoms with Crippen molar-refractivity contribution in [2.75, 3.05) is 32.5 Å². The highest BCUT2D eigenvalue weighted by atomic mass is 35.5. The van der Waals surface area contributed by atoms with E-state index in [4.69, 9.17) is 11.6 Å². The Morgan fingerprint density at radius 2 is 1.96 bits per heavy atom. The van der Waals surface area contributed by atoms with Gasteiger partial charge in [0.15, 0.2) is 0 Å². The van der Waals surface area contributed by atoms with E-state index in [1.165, 1.54) is 0 Å². The summed E-state index contributed by atoms with van der Waals surface area (Å²) < 4.78 is 0. The molecule has 5 nitrogen and oxygen atoms in total. The van der Waals surface area contributed by atoms with Crippen molar-refractivity contribution in [2.45, 2.75) is 25.8 Å². The number of nitrogens with zero attached hydrogens (tertiary/aromatic N) is 2. The van der Waals surface area contributed by atoms with Crippen molar-refractivity contribution < 1.29 is 9.59 Å². The Morgan fingerprint density at radius 3 is 2.52 bits per heavy atom. The molecule has 0 saturated carbocycles. The van der Waals surface area contributed by atoms with Gasteiger partial charge in [0.05, 0.1) is 6.04 Å². The van der Waals surface area contributed by atoms with Crippen molar-refractivity contribution in [1.29, 1.82) is 0 Å². The first-order chi connectivity index (χ1) is 10.9. The van der Waals surface area contributed by atoms with Crippen LogP contribution in [-0.4, -0.2) is 54.8 Å². The highest BCUT2D eigenvalue weighted by Gasteiger charge is 2.30. The monoisotopic (exact) mass is 337 g/mol. The predicted octanol–water partition coefficient (Wildman–Crippen LogP) is 2.47. The van der Waals surface area contributed by atoms with Crippen LogP contribution in [-0.2, 0) is 9.59 Å². The maximum atomic E-state index is 12.4. The smallest absolute Gasteiger partial charge is 0.241 e. The van der Waals surface area contributed by atoms with Crippen LogP contribution >= 0.6 is 11.6 Å². The van der Waals surface area contributed by atoms with Crippen LogP contribution in [0.25, 0.3) is 0 Å². The van der Waals surface area contributed by atoms with Gasteiger partial charge in [0.25, 0.3) is 0 Å². The summed E-state index contributed by atoms with van der Waals surface area (Å²) in [6, 6.07) is 6.89. The highest BCUT2D eigenvalue weighted by Crippen LogP contribution is 2.21. The van der Waals surface area contributed by atoms with E-state index in [2.05, 4.69) is 10.2 Å². The summed E-state index contributed by atoms with van der Waals surface area (Å²) in [6.45, 7) is 3.41. The summed E-state index contributed by atoms with van der Waals surface area (Å²) in [6.07, 6.45) is 1.59. The molecule has 0 bridgehead atoms. The van der Waals surface area contributed by atoms with Crippen molar-refractivity contribution in [1.82, 2.24) is 9.80 Å². The van der Waals surface area contributed by atoms with Crippen LogP contribution in [0, 0.1) is 5.92 Å². The van der Waals surface area contributed by atoms with Crippen LogP contribution in [0.1, 0.15) is 19.8 Å². The van der Waals surface area contributed by atoms with Gasteiger partial charge in [0.2, 0.25) is 11.8 Å². The Kier molecular flexibility index (Phi) is 6.02. The first kappa shape index (κ1) is 17.8. The van der Waals surface area contributed by atoms with Crippen LogP contribution in [0.15, 0.2) is 24.3 Å². The standard InChI is InChI=1S/C17H24ClN3O2/c1-12(16(22)19-15-6-4-5-14(18)11-15)21-9-7-13(8-10-21)17(23)20(2)3/h4-6,11-13H,7-10H2,1-3H3,(H,19,22)/t12-/m0/s1. The number of piperidine rings is 1. The molecule has 2 rings (SSSR count). The molecule has 0 unspecified atom stereocenters. The fourth-order valence-electron chi connectivity index (χ4n) is 2.88. The van der Waals surface area contributed by atoms with E-state index in [0.717, 1.165) is 25.9 Å². The van der Waals surface area contributed by atoms with Crippen molar-refractivity contribution in [3.63, 3.8) is 0 Å². The van der Waals surface area contributed by atoms with Gasteiger partial charge >= 0.3 is 0 Å². The van der Waals surface area contributed by atoms with Gasteiger partial charge in [-0.25, -0.2) is 0 Å². The fourth-order valence-corrected chi connectivity index (χ4v) is 3.07. The lowest BCUT2D eigenvalue weighted by Gasteiger charge is -2.35. The Bertz CT molecular complexity index is 569. The number of amides is 2. The number of rotatable bonds is 4. The molecule has 1 heterocycles. The van der Waals surface area contributed by atoms with Gasteiger partial charge in [-0.2, -0.15) is 0 Å². The van der Waals surface area contributed by atoms with Crippen LogP contribution in [0.5, 0.6) is 0 Å². The summed E-state index contributed by atoms with van der Waals surface area (Å²) in [5.41, 5.74) is 0.701. The minimum Gasteiger partial charge on any atom is -0.349 e. The molecule has 2 amide bonds. The molecular formula is C17H24ClN3O2. The predicted molar refractivity (Wildman–Crippen MR) is 92.5 cm³/mol. The number of carbonyl (C=O) groups excluding carboxylic acids is 2. The average Bonchev–Trinajstić information content (AvgIpc) is 2.53. The number of carbonyl (C=O) groups is 2. The molecule has 126 valence electrons. The van der Waals surface area contributed by atoms with E-state index in [1.807, 2.05) is 13.0 Å². The summed E-state index contributed by atoms with van der Waals surface area (Å²) >= 11 is 5.93. The molecule has 1 aromatic rings. The second kappa shape index (κ2) is 7.79. The summed E-state index contributed by atoms with van der Waals surface area (Å²) in [4.78, 5) is 28.1. The van der Waals surface area contributed by atoms with E-state index in [9.17, 15) is 9.59 Å². The molecule has 0 radical (unpaired) electrons. The zero-order valence-electron chi connectivity index (χ0n) is 13.9. The van der Waals surface area contributed by atoms with Gasteiger partial charge in [-0.05, 0) is 51.1 Å². The molecule has 1 aliphatic heterocycles. The van der Waals surface area contributed by atoms with Crippen molar-refractivity contribution in [3.8, 4) is 0 Å². The van der Waals surface area contributed by atoms with E-state index in [1.54, 1.807) is 37.2 Å². The SMILES string of the molecule is C[C@@H](C(=O)Nc1cccc(Cl)c1)N1CCC(C(=O)N(C)C)CC1. The summed E-state index contributed by atoms with van der Waals surface area (Å²) in [5.74, 6) is 0.203. The van der Waals surface area contributed by atoms with Gasteiger partial charge in [-0.1, -0.05) is 17.7 Å². The van der Waals surface area contributed by atoms with Crippen molar-refractivity contribution in [3.05, 3.63) is 29.3 Å². The molecule has 1 atom stereocenters. The Hall–Kier alpha value is -1.59. The molecule has 6 heteroatoms. The highest BCUT2D eigenvalue weighted by molar-refractivity contribution is 6.30. The van der Waals surface area contributed by atoms with Crippen molar-refractivity contribution in [2.24, 2.45) is 5.92 Å². The number of anilines is 1. The molecule has 1 N–H and O–H groups in total. The maximum Gasteiger partial charge on any atom is 0.241 e. The van der Waals surface area contributed by atoms with Crippen LogP contribution < -0.4 is 5.32 Å². The fraction of sp³-hybridized carbons (Fsp3) is 0.529. The molecule has 23 heavy (non-hydrogen) atoms. The molecule has 0 aliphatic carbocycles. The molecular weight excluding hydrogens is 314 g/mol. The molecule has 0 spiro atoms. The number of hydrogen-bond acceptors (Lipinski definition) is 3. The van der Waals surface area contributed by atoms with Crippen molar-refractivity contribution >= 4 is 29.1 Å². The zero-order chi connectivity index (χ0) is 17.0. The summed E-state index contributed by atoms with van der Waals surface area (Å²) in [7, 11) is 3.57. The number of nitrogens with one attached hydrogen (secondary N) is 1. The van der Waals surface area contributed by atoms with E-state index >= 15 is 0 Å². The lowest BCUT2D eigenvalue weighted by Crippen LogP contribution is -2.48. The van der Waals surface area contributed by atoms with E-state index in [-0.39, 0.29) is 23.8 Å². The van der Waals surface area contributed by atoms with Gasteiger partial charge < -0.3 is 10.2 Å². The number of halogens is 1. The van der Waals surface area contributed by atoms with E-state index in [0.29, 0.717) is 10.7 Å². The average molecular weight is 338 g/mol. The molecule has 0 aromatic heterocycles. The summed E-state index contributed by atoms with van der Waals surface area (Å²) in [5, 5.41) is 3.49. The van der Waals surface area contributed by atoms with Gasteiger partial charge in [0, 0.05) is 30.7 Å². The lowest BCUT2D eigenvalue weighted by atomic mass is 9.94. The number of likely N-dealkylation sites (tertiary alicyclic amines) is 1. The van der Waals surface area contributed by atoms with Crippen LogP contribution in [0.3, 0.4) is 0 Å². The minimum atomic E-state index is -0.232. The lowest BCUT2D eigenvalue weighted by molar-refractivity contribution is -0.134. The quantitative estimate of drug-likeness (QED) is 0.918. The van der Waals surface area contributed by atoms with Crippen LogP contribution in [0.2, 0.25) is 5.02 Å². The largest absolute Gasteiger partial charge is 0.349 e. The second-order valence-corrected chi connectivity index (χ2v) is 6.65. The third kappa shape index (κ3) is 4.69. The van der Waals surface area contributed by atoms with Gasteiger partial charge in [-0.3, -0.25) is 14.5 Å². The molecule has 1 aliphatic rings. The molecule has 1 fully saturated rings. The third-order valence-electron chi connectivity index (χ3n) is 4.34. The third-order valence-corrected chi connectivity index (χ3v) is 4.57. The van der Waals surface area contributed by atoms with E-state index < -0.39 is 0 Å². The minimum absolute atomic E-state index is 0.0512. The van der Waals surface area contributed by atoms with Gasteiger partial charge in [-0.15, -0.1) is 0 Å². The number of hydrogen-bond donors (Lipinski definition) is 1.